The van der Waals surface area contributed by atoms with E-state index in [1.54, 1.807) is 17.7 Å². The van der Waals surface area contributed by atoms with E-state index in [1.165, 1.54) is 0 Å². The first-order valence-electron chi connectivity index (χ1n) is 7.25. The topological polar surface area (TPSA) is 58.1 Å². The molecule has 3 heterocycles. The van der Waals surface area contributed by atoms with Crippen LogP contribution >= 0.6 is 11.3 Å². The molecule has 21 heavy (non-hydrogen) atoms. The van der Waals surface area contributed by atoms with Crippen LogP contribution < -0.4 is 10.2 Å². The minimum absolute atomic E-state index is 0.138. The third-order valence-electron chi connectivity index (χ3n) is 4.24. The number of anilines is 1. The van der Waals surface area contributed by atoms with Crippen molar-refractivity contribution in [2.45, 2.75) is 33.2 Å². The minimum atomic E-state index is -0.295. The summed E-state index contributed by atoms with van der Waals surface area (Å²) in [5, 5.41) is 5.16. The Balaban J connectivity index is 1.64. The molecule has 1 aliphatic heterocycles. The molecule has 0 saturated carbocycles. The van der Waals surface area contributed by atoms with Gasteiger partial charge in [0, 0.05) is 18.5 Å². The van der Waals surface area contributed by atoms with Gasteiger partial charge in [-0.3, -0.25) is 4.79 Å². The van der Waals surface area contributed by atoms with Crippen LogP contribution in [-0.2, 0) is 4.79 Å². The molecule has 1 aliphatic rings. The van der Waals surface area contributed by atoms with Gasteiger partial charge in [-0.25, -0.2) is 9.97 Å². The van der Waals surface area contributed by atoms with Gasteiger partial charge in [0.2, 0.25) is 5.91 Å². The van der Waals surface area contributed by atoms with Crippen LogP contribution in [0, 0.1) is 5.41 Å². The smallest absolute Gasteiger partial charge is 0.225 e. The Morgan fingerprint density at radius 2 is 2.24 bits per heavy atom. The van der Waals surface area contributed by atoms with Crippen molar-refractivity contribution in [1.29, 1.82) is 0 Å². The molecule has 1 N–H and O–H groups in total. The highest BCUT2D eigenvalue weighted by molar-refractivity contribution is 7.17. The standard InChI is InChI=1S/C15H20N4OS/c1-4-15(2,3)14(20)18-10-7-19(8-10)13-12-11(5-6-21-12)16-9-17-13/h5-6,9-10H,4,7-8H2,1-3H3,(H,18,20). The fourth-order valence-corrected chi connectivity index (χ4v) is 3.15. The highest BCUT2D eigenvalue weighted by Crippen LogP contribution is 2.30. The van der Waals surface area contributed by atoms with Crippen LogP contribution in [-0.4, -0.2) is 35.0 Å². The molecule has 0 atom stereocenters. The number of nitrogens with zero attached hydrogens (tertiary/aromatic N) is 3. The van der Waals surface area contributed by atoms with Crippen molar-refractivity contribution in [3.05, 3.63) is 17.8 Å². The molecule has 0 unspecified atom stereocenters. The number of hydrogen-bond acceptors (Lipinski definition) is 5. The second kappa shape index (κ2) is 5.26. The molecule has 0 radical (unpaired) electrons. The van der Waals surface area contributed by atoms with Crippen LogP contribution in [0.5, 0.6) is 0 Å². The molecule has 0 spiro atoms. The van der Waals surface area contributed by atoms with E-state index in [0.29, 0.717) is 0 Å². The van der Waals surface area contributed by atoms with E-state index in [4.69, 9.17) is 0 Å². The molecule has 1 amide bonds. The largest absolute Gasteiger partial charge is 0.351 e. The average Bonchev–Trinajstić information content (AvgIpc) is 2.90. The van der Waals surface area contributed by atoms with Crippen LogP contribution in [0.25, 0.3) is 10.2 Å². The predicted molar refractivity (Wildman–Crippen MR) is 85.6 cm³/mol. The maximum Gasteiger partial charge on any atom is 0.225 e. The lowest BCUT2D eigenvalue weighted by Gasteiger charge is -2.41. The van der Waals surface area contributed by atoms with Gasteiger partial charge < -0.3 is 10.2 Å². The highest BCUT2D eigenvalue weighted by atomic mass is 32.1. The number of hydrogen-bond donors (Lipinski definition) is 1. The van der Waals surface area contributed by atoms with Gasteiger partial charge in [0.25, 0.3) is 0 Å². The number of fused-ring (bicyclic) bond motifs is 1. The summed E-state index contributed by atoms with van der Waals surface area (Å²) in [4.78, 5) is 23.0. The van der Waals surface area contributed by atoms with Crippen molar-refractivity contribution in [3.63, 3.8) is 0 Å². The van der Waals surface area contributed by atoms with Crippen LogP contribution in [0.1, 0.15) is 27.2 Å². The van der Waals surface area contributed by atoms with Crippen LogP contribution in [0.4, 0.5) is 5.82 Å². The summed E-state index contributed by atoms with van der Waals surface area (Å²) < 4.78 is 1.12. The fourth-order valence-electron chi connectivity index (χ4n) is 2.29. The summed E-state index contributed by atoms with van der Waals surface area (Å²) in [6, 6.07) is 2.22. The molecule has 0 bridgehead atoms. The van der Waals surface area contributed by atoms with Crippen molar-refractivity contribution in [2.24, 2.45) is 5.41 Å². The average molecular weight is 304 g/mol. The summed E-state index contributed by atoms with van der Waals surface area (Å²) in [7, 11) is 0. The summed E-state index contributed by atoms with van der Waals surface area (Å²) in [6.07, 6.45) is 2.45. The molecule has 3 rings (SSSR count). The highest BCUT2D eigenvalue weighted by Gasteiger charge is 2.34. The lowest BCUT2D eigenvalue weighted by Crippen LogP contribution is -2.61. The first-order chi connectivity index (χ1) is 10.0. The Morgan fingerprint density at radius 3 is 2.95 bits per heavy atom. The Bertz CT molecular complexity index is 660. The number of thiophene rings is 1. The van der Waals surface area contributed by atoms with Gasteiger partial charge in [-0.2, -0.15) is 0 Å². The monoisotopic (exact) mass is 304 g/mol. The molecule has 6 heteroatoms. The summed E-state index contributed by atoms with van der Waals surface area (Å²) in [5.41, 5.74) is 0.695. The lowest BCUT2D eigenvalue weighted by atomic mass is 9.88. The maximum atomic E-state index is 12.2. The van der Waals surface area contributed by atoms with Crippen molar-refractivity contribution in [3.8, 4) is 0 Å². The molecular formula is C15H20N4OS. The summed E-state index contributed by atoms with van der Waals surface area (Å²) >= 11 is 1.66. The quantitative estimate of drug-likeness (QED) is 0.942. The summed E-state index contributed by atoms with van der Waals surface area (Å²) in [5.74, 6) is 1.12. The fraction of sp³-hybridized carbons (Fsp3) is 0.533. The Morgan fingerprint density at radius 1 is 1.48 bits per heavy atom. The normalized spacial score (nSPS) is 16.0. The van der Waals surface area contributed by atoms with Gasteiger partial charge in [-0.15, -0.1) is 11.3 Å². The van der Waals surface area contributed by atoms with E-state index in [-0.39, 0.29) is 17.4 Å². The molecule has 1 fully saturated rings. The molecule has 1 saturated heterocycles. The first kappa shape index (κ1) is 14.3. The van der Waals surface area contributed by atoms with Gasteiger partial charge in [-0.05, 0) is 17.9 Å². The Labute approximate surface area is 128 Å². The van der Waals surface area contributed by atoms with E-state index < -0.39 is 0 Å². The van der Waals surface area contributed by atoms with Crippen LogP contribution in [0.2, 0.25) is 0 Å². The zero-order chi connectivity index (χ0) is 15.0. The maximum absolute atomic E-state index is 12.2. The van der Waals surface area contributed by atoms with Gasteiger partial charge in [0.05, 0.1) is 16.3 Å². The number of amides is 1. The summed E-state index contributed by atoms with van der Waals surface area (Å²) in [6.45, 7) is 7.64. The van der Waals surface area contributed by atoms with E-state index in [1.807, 2.05) is 32.2 Å². The van der Waals surface area contributed by atoms with Crippen molar-refractivity contribution in [1.82, 2.24) is 15.3 Å². The Hall–Kier alpha value is -1.69. The van der Waals surface area contributed by atoms with Crippen molar-refractivity contribution < 1.29 is 4.79 Å². The van der Waals surface area contributed by atoms with E-state index in [2.05, 4.69) is 20.2 Å². The number of carbonyl (C=O) groups is 1. The van der Waals surface area contributed by atoms with E-state index in [9.17, 15) is 4.79 Å². The van der Waals surface area contributed by atoms with Gasteiger partial charge in [-0.1, -0.05) is 20.8 Å². The van der Waals surface area contributed by atoms with E-state index >= 15 is 0 Å². The molecular weight excluding hydrogens is 284 g/mol. The second-order valence-corrected chi connectivity index (χ2v) is 7.06. The minimum Gasteiger partial charge on any atom is -0.351 e. The predicted octanol–water partition coefficient (Wildman–Crippen LogP) is 2.43. The van der Waals surface area contributed by atoms with Crippen LogP contribution in [0.3, 0.4) is 0 Å². The zero-order valence-electron chi connectivity index (χ0n) is 12.6. The van der Waals surface area contributed by atoms with Crippen molar-refractivity contribution >= 4 is 33.3 Å². The Kier molecular flexibility index (Phi) is 3.57. The number of aromatic nitrogens is 2. The van der Waals surface area contributed by atoms with Gasteiger partial charge in [0.1, 0.15) is 12.1 Å². The molecule has 2 aromatic heterocycles. The molecule has 0 aliphatic carbocycles. The molecule has 0 aromatic carbocycles. The first-order valence-corrected chi connectivity index (χ1v) is 8.13. The number of nitrogens with one attached hydrogen (secondary N) is 1. The van der Waals surface area contributed by atoms with Crippen LogP contribution in [0.15, 0.2) is 17.8 Å². The van der Waals surface area contributed by atoms with Crippen molar-refractivity contribution in [2.75, 3.05) is 18.0 Å². The third-order valence-corrected chi connectivity index (χ3v) is 5.14. The number of carbonyl (C=O) groups excluding carboxylic acids is 1. The van der Waals surface area contributed by atoms with Gasteiger partial charge >= 0.3 is 0 Å². The molecule has 2 aromatic rings. The SMILES string of the molecule is CCC(C)(C)C(=O)NC1CN(c2ncnc3ccsc23)C1. The second-order valence-electron chi connectivity index (χ2n) is 6.15. The lowest BCUT2D eigenvalue weighted by molar-refractivity contribution is -0.130. The van der Waals surface area contributed by atoms with E-state index in [0.717, 1.165) is 35.5 Å². The van der Waals surface area contributed by atoms with Gasteiger partial charge in [0.15, 0.2) is 0 Å². The molecule has 112 valence electrons. The molecule has 5 nitrogen and oxygen atoms in total. The third kappa shape index (κ3) is 2.60. The number of rotatable bonds is 4. The zero-order valence-corrected chi connectivity index (χ0v) is 13.4.